The molecule has 0 unspecified atom stereocenters. The molecule has 3 rings (SSSR count). The largest absolute Gasteiger partial charge is 0.445 e. The van der Waals surface area contributed by atoms with Gasteiger partial charge in [0, 0.05) is 18.5 Å². The first kappa shape index (κ1) is 13.4. The predicted octanol–water partition coefficient (Wildman–Crippen LogP) is 2.56. The van der Waals surface area contributed by atoms with Gasteiger partial charge >= 0.3 is 6.09 Å². The van der Waals surface area contributed by atoms with E-state index < -0.39 is 0 Å². The Morgan fingerprint density at radius 3 is 2.80 bits per heavy atom. The highest BCUT2D eigenvalue weighted by atomic mass is 16.6. The predicted molar refractivity (Wildman–Crippen MR) is 75.1 cm³/mol. The second-order valence-electron chi connectivity index (χ2n) is 5.98. The van der Waals surface area contributed by atoms with E-state index in [9.17, 15) is 9.90 Å². The van der Waals surface area contributed by atoms with E-state index in [0.29, 0.717) is 13.2 Å². The number of amides is 1. The van der Waals surface area contributed by atoms with Gasteiger partial charge in [-0.1, -0.05) is 30.3 Å². The molecule has 1 aromatic rings. The molecule has 4 nitrogen and oxygen atoms in total. The number of aliphatic hydroxyl groups is 1. The van der Waals surface area contributed by atoms with Gasteiger partial charge in [0.15, 0.2) is 0 Å². The number of hydrogen-bond donors (Lipinski definition) is 1. The maximum atomic E-state index is 12.1. The van der Waals surface area contributed by atoms with Crippen LogP contribution < -0.4 is 0 Å². The highest BCUT2D eigenvalue weighted by molar-refractivity contribution is 5.68. The van der Waals surface area contributed by atoms with Gasteiger partial charge in [0.1, 0.15) is 6.61 Å². The summed E-state index contributed by atoms with van der Waals surface area (Å²) in [6.07, 6.45) is 3.37. The summed E-state index contributed by atoms with van der Waals surface area (Å²) in [4.78, 5) is 13.9. The Balaban J connectivity index is 1.55. The van der Waals surface area contributed by atoms with Crippen LogP contribution in [0.15, 0.2) is 30.3 Å². The van der Waals surface area contributed by atoms with Crippen LogP contribution in [0.25, 0.3) is 0 Å². The Hall–Kier alpha value is -1.55. The number of ether oxygens (including phenoxy) is 1. The monoisotopic (exact) mass is 275 g/mol. The summed E-state index contributed by atoms with van der Waals surface area (Å²) in [5.74, 6) is 0. The molecule has 2 aliphatic rings. The Kier molecular flexibility index (Phi) is 3.66. The zero-order chi connectivity index (χ0) is 14.0. The molecule has 20 heavy (non-hydrogen) atoms. The van der Waals surface area contributed by atoms with Crippen molar-refractivity contribution in [3.63, 3.8) is 0 Å². The van der Waals surface area contributed by atoms with Crippen molar-refractivity contribution < 1.29 is 14.6 Å². The second kappa shape index (κ2) is 5.44. The molecule has 1 N–H and O–H groups in total. The second-order valence-corrected chi connectivity index (χ2v) is 5.98. The molecule has 1 saturated heterocycles. The minimum atomic E-state index is -0.257. The lowest BCUT2D eigenvalue weighted by atomic mass is 9.62. The minimum Gasteiger partial charge on any atom is -0.445 e. The van der Waals surface area contributed by atoms with Crippen LogP contribution in [0.2, 0.25) is 0 Å². The van der Waals surface area contributed by atoms with E-state index in [1.54, 1.807) is 4.90 Å². The van der Waals surface area contributed by atoms with Gasteiger partial charge in [0.25, 0.3) is 0 Å². The average Bonchev–Trinajstić information content (AvgIpc) is 2.52. The van der Waals surface area contributed by atoms with E-state index in [-0.39, 0.29) is 17.6 Å². The van der Waals surface area contributed by atoms with Crippen LogP contribution >= 0.6 is 0 Å². The normalized spacial score (nSPS) is 29.1. The number of likely N-dealkylation sites (tertiary alicyclic amines) is 1. The fourth-order valence-corrected chi connectivity index (χ4v) is 3.28. The molecule has 2 fully saturated rings. The van der Waals surface area contributed by atoms with Gasteiger partial charge in [-0.25, -0.2) is 4.79 Å². The van der Waals surface area contributed by atoms with Crippen LogP contribution in [0.5, 0.6) is 0 Å². The zero-order valence-electron chi connectivity index (χ0n) is 11.6. The molecule has 1 aliphatic carbocycles. The first-order valence-corrected chi connectivity index (χ1v) is 7.33. The van der Waals surface area contributed by atoms with Crippen molar-refractivity contribution in [1.82, 2.24) is 4.90 Å². The van der Waals surface area contributed by atoms with Crippen LogP contribution in [0.1, 0.15) is 31.2 Å². The molecular formula is C16H21NO3. The Morgan fingerprint density at radius 1 is 1.35 bits per heavy atom. The maximum absolute atomic E-state index is 12.1. The molecule has 2 atom stereocenters. The van der Waals surface area contributed by atoms with E-state index >= 15 is 0 Å². The van der Waals surface area contributed by atoms with Gasteiger partial charge in [0.2, 0.25) is 0 Å². The number of rotatable bonds is 2. The summed E-state index contributed by atoms with van der Waals surface area (Å²) in [5.41, 5.74) is 0.945. The number of piperidine rings is 1. The summed E-state index contributed by atoms with van der Waals surface area (Å²) in [6, 6.07) is 9.70. The third-order valence-corrected chi connectivity index (χ3v) is 4.69. The average molecular weight is 275 g/mol. The standard InChI is InChI=1S/C16H21NO3/c18-14-7-9-16(14)8-4-10-17(12-16)15(19)20-11-13-5-2-1-3-6-13/h1-3,5-6,14,18H,4,7-12H2/t14-,16-/m1/s1. The lowest BCUT2D eigenvalue weighted by Crippen LogP contribution is -2.56. The van der Waals surface area contributed by atoms with Crippen LogP contribution in [0, 0.1) is 5.41 Å². The third kappa shape index (κ3) is 2.52. The fraction of sp³-hybridized carbons (Fsp3) is 0.562. The molecule has 1 spiro atoms. The van der Waals surface area contributed by atoms with Crippen molar-refractivity contribution in [1.29, 1.82) is 0 Å². The molecular weight excluding hydrogens is 254 g/mol. The van der Waals surface area contributed by atoms with Crippen molar-refractivity contribution in [2.24, 2.45) is 5.41 Å². The quantitative estimate of drug-likeness (QED) is 0.902. The molecule has 108 valence electrons. The Labute approximate surface area is 119 Å². The van der Waals surface area contributed by atoms with E-state index in [0.717, 1.165) is 37.8 Å². The van der Waals surface area contributed by atoms with Gasteiger partial charge < -0.3 is 14.7 Å². The van der Waals surface area contributed by atoms with Gasteiger partial charge in [-0.15, -0.1) is 0 Å². The summed E-state index contributed by atoms with van der Waals surface area (Å²) in [5, 5.41) is 9.95. The lowest BCUT2D eigenvalue weighted by molar-refractivity contribution is -0.101. The zero-order valence-corrected chi connectivity index (χ0v) is 11.6. The minimum absolute atomic E-state index is 0.0516. The van der Waals surface area contributed by atoms with E-state index in [1.165, 1.54) is 0 Å². The van der Waals surface area contributed by atoms with Crippen LogP contribution in [0.3, 0.4) is 0 Å². The molecule has 0 bridgehead atoms. The lowest BCUT2D eigenvalue weighted by Gasteiger charge is -2.51. The number of benzene rings is 1. The topological polar surface area (TPSA) is 49.8 Å². The number of aliphatic hydroxyl groups excluding tert-OH is 1. The van der Waals surface area contributed by atoms with Gasteiger partial charge in [0.05, 0.1) is 6.10 Å². The number of carbonyl (C=O) groups excluding carboxylic acids is 1. The molecule has 1 saturated carbocycles. The van der Waals surface area contributed by atoms with E-state index in [1.807, 2.05) is 30.3 Å². The number of carbonyl (C=O) groups is 1. The molecule has 1 aliphatic heterocycles. The van der Waals surface area contributed by atoms with Crippen LogP contribution in [0.4, 0.5) is 4.79 Å². The summed E-state index contributed by atoms with van der Waals surface area (Å²) in [6.45, 7) is 1.69. The highest BCUT2D eigenvalue weighted by Gasteiger charge is 2.49. The van der Waals surface area contributed by atoms with E-state index in [2.05, 4.69) is 0 Å². The smallest absolute Gasteiger partial charge is 0.410 e. The molecule has 4 heteroatoms. The Morgan fingerprint density at radius 2 is 2.15 bits per heavy atom. The van der Waals surface area contributed by atoms with Crippen molar-refractivity contribution in [3.05, 3.63) is 35.9 Å². The van der Waals surface area contributed by atoms with Crippen molar-refractivity contribution in [2.75, 3.05) is 13.1 Å². The Bertz CT molecular complexity index is 476. The third-order valence-electron chi connectivity index (χ3n) is 4.69. The van der Waals surface area contributed by atoms with Crippen LogP contribution in [-0.4, -0.2) is 35.3 Å². The van der Waals surface area contributed by atoms with Crippen molar-refractivity contribution in [3.8, 4) is 0 Å². The van der Waals surface area contributed by atoms with Crippen molar-refractivity contribution >= 4 is 6.09 Å². The first-order chi connectivity index (χ1) is 9.70. The van der Waals surface area contributed by atoms with Crippen LogP contribution in [-0.2, 0) is 11.3 Å². The first-order valence-electron chi connectivity index (χ1n) is 7.33. The van der Waals surface area contributed by atoms with Gasteiger partial charge in [-0.3, -0.25) is 0 Å². The summed E-state index contributed by atoms with van der Waals surface area (Å²) in [7, 11) is 0. The molecule has 1 aromatic carbocycles. The maximum Gasteiger partial charge on any atom is 0.410 e. The van der Waals surface area contributed by atoms with Crippen molar-refractivity contribution in [2.45, 2.75) is 38.4 Å². The van der Waals surface area contributed by atoms with Gasteiger partial charge in [-0.05, 0) is 31.2 Å². The summed E-state index contributed by atoms with van der Waals surface area (Å²) < 4.78 is 5.37. The summed E-state index contributed by atoms with van der Waals surface area (Å²) >= 11 is 0. The SMILES string of the molecule is O=C(OCc1ccccc1)N1CCC[C@@]2(CC[C@H]2O)C1. The van der Waals surface area contributed by atoms with Gasteiger partial charge in [-0.2, -0.15) is 0 Å². The fourth-order valence-electron chi connectivity index (χ4n) is 3.28. The molecule has 0 aromatic heterocycles. The number of nitrogens with zero attached hydrogens (tertiary/aromatic N) is 1. The highest BCUT2D eigenvalue weighted by Crippen LogP contribution is 2.47. The molecule has 0 radical (unpaired) electrons. The van der Waals surface area contributed by atoms with E-state index in [4.69, 9.17) is 4.74 Å². The molecule has 1 amide bonds. The number of hydrogen-bond acceptors (Lipinski definition) is 3. The molecule has 1 heterocycles.